The number of nitrogens with zero attached hydrogens (tertiary/aromatic N) is 1. The number of amides is 1. The first-order valence-electron chi connectivity index (χ1n) is 8.04. The molecule has 0 aliphatic heterocycles. The molecular weight excluding hydrogens is 264 g/mol. The van der Waals surface area contributed by atoms with E-state index in [4.69, 9.17) is 4.74 Å². The molecule has 1 spiro atoms. The summed E-state index contributed by atoms with van der Waals surface area (Å²) in [4.78, 5) is 16.2. The van der Waals surface area contributed by atoms with Crippen LogP contribution in [0.1, 0.15) is 44.6 Å². The van der Waals surface area contributed by atoms with E-state index in [9.17, 15) is 4.79 Å². The number of aromatic nitrogens is 1. The summed E-state index contributed by atoms with van der Waals surface area (Å²) >= 11 is 0. The number of carbonyl (C=O) groups is 1. The molecular formula is C17H24N2O2. The van der Waals surface area contributed by atoms with Gasteiger partial charge in [-0.05, 0) is 44.2 Å². The third-order valence-electron chi connectivity index (χ3n) is 5.14. The quantitative estimate of drug-likeness (QED) is 0.875. The molecule has 1 aromatic heterocycles. The SMILES string of the molecule is CCO[C@@H]1C[C@@H](NC(=O)CCc2cccnc2)C12CCC2. The van der Waals surface area contributed by atoms with E-state index < -0.39 is 0 Å². The van der Waals surface area contributed by atoms with Gasteiger partial charge in [-0.1, -0.05) is 12.5 Å². The molecule has 2 fully saturated rings. The Hall–Kier alpha value is -1.42. The normalized spacial score (nSPS) is 26.0. The van der Waals surface area contributed by atoms with E-state index >= 15 is 0 Å². The molecule has 1 N–H and O–H groups in total. The fourth-order valence-corrected chi connectivity index (χ4v) is 3.71. The fraction of sp³-hybridized carbons (Fsp3) is 0.647. The van der Waals surface area contributed by atoms with Crippen LogP contribution in [0.3, 0.4) is 0 Å². The van der Waals surface area contributed by atoms with Crippen molar-refractivity contribution in [3.63, 3.8) is 0 Å². The van der Waals surface area contributed by atoms with E-state index in [0.717, 1.165) is 25.0 Å². The molecule has 4 nitrogen and oxygen atoms in total. The van der Waals surface area contributed by atoms with Crippen LogP contribution in [-0.2, 0) is 16.0 Å². The van der Waals surface area contributed by atoms with Crippen molar-refractivity contribution in [2.75, 3.05) is 6.61 Å². The number of nitrogens with one attached hydrogen (secondary N) is 1. The third-order valence-corrected chi connectivity index (χ3v) is 5.14. The highest BCUT2D eigenvalue weighted by Gasteiger charge is 2.59. The van der Waals surface area contributed by atoms with Gasteiger partial charge in [-0.15, -0.1) is 0 Å². The number of pyridine rings is 1. The highest BCUT2D eigenvalue weighted by Crippen LogP contribution is 2.57. The molecule has 2 aliphatic rings. The molecule has 114 valence electrons. The second-order valence-corrected chi connectivity index (χ2v) is 6.25. The van der Waals surface area contributed by atoms with Crippen molar-refractivity contribution in [1.29, 1.82) is 0 Å². The van der Waals surface area contributed by atoms with E-state index in [1.807, 2.05) is 25.3 Å². The van der Waals surface area contributed by atoms with E-state index in [-0.39, 0.29) is 11.3 Å². The van der Waals surface area contributed by atoms with Gasteiger partial charge in [0.05, 0.1) is 6.10 Å². The smallest absolute Gasteiger partial charge is 0.220 e. The van der Waals surface area contributed by atoms with Crippen molar-refractivity contribution < 1.29 is 9.53 Å². The summed E-state index contributed by atoms with van der Waals surface area (Å²) in [6.45, 7) is 2.82. The molecule has 2 aliphatic carbocycles. The topological polar surface area (TPSA) is 51.2 Å². The number of carbonyl (C=O) groups excluding carboxylic acids is 1. The molecule has 0 aromatic carbocycles. The van der Waals surface area contributed by atoms with Crippen molar-refractivity contribution >= 4 is 5.91 Å². The minimum absolute atomic E-state index is 0.157. The van der Waals surface area contributed by atoms with Crippen LogP contribution in [0.4, 0.5) is 0 Å². The Kier molecular flexibility index (Phi) is 4.24. The lowest BCUT2D eigenvalue weighted by atomic mass is 9.51. The van der Waals surface area contributed by atoms with Gasteiger partial charge in [-0.3, -0.25) is 9.78 Å². The summed E-state index contributed by atoms with van der Waals surface area (Å²) in [5.41, 5.74) is 1.37. The lowest BCUT2D eigenvalue weighted by Gasteiger charge is -2.61. The Morgan fingerprint density at radius 2 is 2.38 bits per heavy atom. The van der Waals surface area contributed by atoms with E-state index in [1.54, 1.807) is 6.20 Å². The summed E-state index contributed by atoms with van der Waals surface area (Å²) in [5.74, 6) is 0.157. The highest BCUT2D eigenvalue weighted by atomic mass is 16.5. The first kappa shape index (κ1) is 14.5. The minimum atomic E-state index is 0.157. The highest BCUT2D eigenvalue weighted by molar-refractivity contribution is 5.76. The Balaban J connectivity index is 1.47. The summed E-state index contributed by atoms with van der Waals surface area (Å²) in [6.07, 6.45) is 9.89. The molecule has 2 atom stereocenters. The maximum Gasteiger partial charge on any atom is 0.220 e. The number of ether oxygens (including phenoxy) is 1. The maximum absolute atomic E-state index is 12.1. The zero-order valence-corrected chi connectivity index (χ0v) is 12.7. The van der Waals surface area contributed by atoms with Crippen molar-refractivity contribution in [3.8, 4) is 0 Å². The molecule has 1 heterocycles. The number of hydrogen-bond acceptors (Lipinski definition) is 3. The van der Waals surface area contributed by atoms with Gasteiger partial charge in [0.1, 0.15) is 0 Å². The van der Waals surface area contributed by atoms with Crippen LogP contribution in [-0.4, -0.2) is 29.6 Å². The lowest BCUT2D eigenvalue weighted by Crippen LogP contribution is -2.67. The first-order chi connectivity index (χ1) is 10.2. The monoisotopic (exact) mass is 288 g/mol. The van der Waals surface area contributed by atoms with Crippen molar-refractivity contribution in [2.45, 2.75) is 57.6 Å². The van der Waals surface area contributed by atoms with E-state index in [0.29, 0.717) is 18.6 Å². The van der Waals surface area contributed by atoms with Gasteiger partial charge in [0.15, 0.2) is 0 Å². The van der Waals surface area contributed by atoms with Crippen molar-refractivity contribution in [2.24, 2.45) is 5.41 Å². The largest absolute Gasteiger partial charge is 0.378 e. The van der Waals surface area contributed by atoms with Gasteiger partial charge in [-0.2, -0.15) is 0 Å². The van der Waals surface area contributed by atoms with Crippen LogP contribution in [0, 0.1) is 5.41 Å². The average Bonchev–Trinajstić information content (AvgIpc) is 2.43. The van der Waals surface area contributed by atoms with Crippen LogP contribution in [0.15, 0.2) is 24.5 Å². The molecule has 21 heavy (non-hydrogen) atoms. The van der Waals surface area contributed by atoms with E-state index in [2.05, 4.69) is 10.3 Å². The predicted octanol–water partition coefficient (Wildman–Crippen LogP) is 2.48. The maximum atomic E-state index is 12.1. The summed E-state index contributed by atoms with van der Waals surface area (Å²) in [6, 6.07) is 4.25. The van der Waals surface area contributed by atoms with Crippen LogP contribution in [0.2, 0.25) is 0 Å². The fourth-order valence-electron chi connectivity index (χ4n) is 3.71. The van der Waals surface area contributed by atoms with Gasteiger partial charge in [-0.25, -0.2) is 0 Å². The molecule has 0 saturated heterocycles. The Labute approximate surface area is 126 Å². The van der Waals surface area contributed by atoms with Gasteiger partial charge < -0.3 is 10.1 Å². The zero-order valence-electron chi connectivity index (χ0n) is 12.7. The third kappa shape index (κ3) is 2.82. The average molecular weight is 288 g/mol. The summed E-state index contributed by atoms with van der Waals surface area (Å²) in [5, 5.41) is 3.23. The Bertz CT molecular complexity index is 485. The Morgan fingerprint density at radius 1 is 1.52 bits per heavy atom. The molecule has 4 heteroatoms. The van der Waals surface area contributed by atoms with Crippen molar-refractivity contribution in [3.05, 3.63) is 30.1 Å². The van der Waals surface area contributed by atoms with Crippen LogP contribution in [0.25, 0.3) is 0 Å². The van der Waals surface area contributed by atoms with Crippen LogP contribution >= 0.6 is 0 Å². The molecule has 0 bridgehead atoms. The summed E-state index contributed by atoms with van der Waals surface area (Å²) < 4.78 is 5.82. The number of hydrogen-bond donors (Lipinski definition) is 1. The standard InChI is InChI=1S/C17H24N2O2/c1-2-21-15-11-14(17(15)8-4-9-17)19-16(20)7-6-13-5-3-10-18-12-13/h3,5,10,12,14-15H,2,4,6-9,11H2,1H3,(H,19,20)/t14-,15-/m1/s1. The molecule has 3 rings (SSSR count). The molecule has 1 aromatic rings. The molecule has 0 radical (unpaired) electrons. The number of rotatable bonds is 6. The van der Waals surface area contributed by atoms with Gasteiger partial charge in [0, 0.05) is 36.9 Å². The minimum Gasteiger partial charge on any atom is -0.378 e. The first-order valence-corrected chi connectivity index (χ1v) is 8.04. The van der Waals surface area contributed by atoms with Crippen molar-refractivity contribution in [1.82, 2.24) is 10.3 Å². The van der Waals surface area contributed by atoms with Crippen LogP contribution in [0.5, 0.6) is 0 Å². The summed E-state index contributed by atoms with van der Waals surface area (Å²) in [7, 11) is 0. The molecule has 2 saturated carbocycles. The second-order valence-electron chi connectivity index (χ2n) is 6.25. The van der Waals surface area contributed by atoms with Gasteiger partial charge in [0.25, 0.3) is 0 Å². The van der Waals surface area contributed by atoms with E-state index in [1.165, 1.54) is 19.3 Å². The Morgan fingerprint density at radius 3 is 3.00 bits per heavy atom. The number of aryl methyl sites for hydroxylation is 1. The van der Waals surface area contributed by atoms with Gasteiger partial charge in [0.2, 0.25) is 5.91 Å². The predicted molar refractivity (Wildman–Crippen MR) is 80.8 cm³/mol. The van der Waals surface area contributed by atoms with Gasteiger partial charge >= 0.3 is 0 Å². The molecule has 1 amide bonds. The zero-order chi connectivity index (χ0) is 14.7. The lowest BCUT2D eigenvalue weighted by molar-refractivity contribution is -0.175. The molecule has 0 unspecified atom stereocenters. The second kappa shape index (κ2) is 6.14. The van der Waals surface area contributed by atoms with Crippen LogP contribution < -0.4 is 5.32 Å².